The van der Waals surface area contributed by atoms with Crippen LogP contribution in [0.5, 0.6) is 11.5 Å². The van der Waals surface area contributed by atoms with Crippen molar-refractivity contribution in [1.82, 2.24) is 4.31 Å². The van der Waals surface area contributed by atoms with Gasteiger partial charge in [-0.15, -0.1) is 0 Å². The average Bonchev–Trinajstić information content (AvgIpc) is 2.67. The van der Waals surface area contributed by atoms with Gasteiger partial charge >= 0.3 is 0 Å². The summed E-state index contributed by atoms with van der Waals surface area (Å²) in [5, 5.41) is 0. The van der Waals surface area contributed by atoms with Crippen molar-refractivity contribution in [2.45, 2.75) is 4.90 Å². The molecule has 1 aliphatic heterocycles. The molecule has 1 aliphatic rings. The zero-order valence-electron chi connectivity index (χ0n) is 13.8. The molecule has 25 heavy (non-hydrogen) atoms. The summed E-state index contributed by atoms with van der Waals surface area (Å²) in [6.45, 7) is 2.43. The van der Waals surface area contributed by atoms with Crippen LogP contribution in [0.3, 0.4) is 0 Å². The molecule has 0 N–H and O–H groups in total. The average molecular weight is 363 g/mol. The topological polar surface area (TPSA) is 65.1 Å². The fraction of sp³-hybridized carbons (Fsp3) is 0.333. The van der Waals surface area contributed by atoms with Crippen molar-refractivity contribution in [3.8, 4) is 11.5 Å². The van der Waals surface area contributed by atoms with Crippen LogP contribution in [0.2, 0.25) is 0 Å². The summed E-state index contributed by atoms with van der Waals surface area (Å²) in [5.74, 6) is 1.40. The maximum atomic E-state index is 12.5. The van der Waals surface area contributed by atoms with Gasteiger partial charge in [-0.3, -0.25) is 0 Å². The van der Waals surface area contributed by atoms with E-state index in [0.717, 1.165) is 5.75 Å². The minimum absolute atomic E-state index is 0.266. The standard InChI is InChI=1S/C18H21NO5S/c20-25(21,19-10-12-22-13-11-19)18-8-6-17(7-9-18)24-15-14-23-16-4-2-1-3-5-16/h1-9H,10-15H2. The van der Waals surface area contributed by atoms with Gasteiger partial charge in [-0.1, -0.05) is 18.2 Å². The Morgan fingerprint density at radius 2 is 1.40 bits per heavy atom. The molecule has 0 aromatic heterocycles. The zero-order chi connectivity index (χ0) is 17.5. The molecule has 0 atom stereocenters. The summed E-state index contributed by atoms with van der Waals surface area (Å²) in [7, 11) is -3.47. The van der Waals surface area contributed by atoms with Crippen molar-refractivity contribution in [2.75, 3.05) is 39.5 Å². The number of benzene rings is 2. The number of hydrogen-bond acceptors (Lipinski definition) is 5. The van der Waals surface area contributed by atoms with Crippen LogP contribution in [0.25, 0.3) is 0 Å². The van der Waals surface area contributed by atoms with E-state index in [4.69, 9.17) is 14.2 Å². The Hall–Kier alpha value is -2.09. The van der Waals surface area contributed by atoms with Crippen LogP contribution in [0.15, 0.2) is 59.5 Å². The molecular formula is C18H21NO5S. The van der Waals surface area contributed by atoms with Gasteiger partial charge in [0.25, 0.3) is 0 Å². The highest BCUT2D eigenvalue weighted by atomic mass is 32.2. The summed E-state index contributed by atoms with van der Waals surface area (Å²) in [6, 6.07) is 16.0. The first-order valence-corrected chi connectivity index (χ1v) is 9.59. The first kappa shape index (κ1) is 17.7. The number of nitrogens with zero attached hydrogens (tertiary/aromatic N) is 1. The van der Waals surface area contributed by atoms with Crippen molar-refractivity contribution >= 4 is 10.0 Å². The fourth-order valence-electron chi connectivity index (χ4n) is 2.48. The van der Waals surface area contributed by atoms with Gasteiger partial charge in [0.1, 0.15) is 24.7 Å². The van der Waals surface area contributed by atoms with Gasteiger partial charge in [0.2, 0.25) is 10.0 Å². The van der Waals surface area contributed by atoms with Crippen molar-refractivity contribution in [2.24, 2.45) is 0 Å². The maximum Gasteiger partial charge on any atom is 0.243 e. The van der Waals surface area contributed by atoms with Gasteiger partial charge in [-0.2, -0.15) is 4.31 Å². The Morgan fingerprint density at radius 3 is 2.00 bits per heavy atom. The molecule has 0 spiro atoms. The Bertz CT molecular complexity index is 756. The molecule has 0 radical (unpaired) electrons. The van der Waals surface area contributed by atoms with Crippen molar-refractivity contribution in [3.05, 3.63) is 54.6 Å². The van der Waals surface area contributed by atoms with Gasteiger partial charge in [-0.25, -0.2) is 8.42 Å². The molecule has 2 aromatic carbocycles. The fourth-order valence-corrected chi connectivity index (χ4v) is 3.89. The monoisotopic (exact) mass is 363 g/mol. The van der Waals surface area contributed by atoms with Crippen molar-refractivity contribution < 1.29 is 22.6 Å². The number of ether oxygens (including phenoxy) is 3. The van der Waals surface area contributed by atoms with Crippen LogP contribution in [0, 0.1) is 0 Å². The molecule has 1 heterocycles. The second-order valence-electron chi connectivity index (χ2n) is 5.50. The SMILES string of the molecule is O=S(=O)(c1ccc(OCCOc2ccccc2)cc1)N1CCOCC1. The molecule has 0 bridgehead atoms. The lowest BCUT2D eigenvalue weighted by molar-refractivity contribution is 0.0730. The highest BCUT2D eigenvalue weighted by Crippen LogP contribution is 2.20. The molecule has 2 aromatic rings. The summed E-state index contributed by atoms with van der Waals surface area (Å²) in [5.41, 5.74) is 0. The minimum atomic E-state index is -3.47. The van der Waals surface area contributed by atoms with E-state index in [0.29, 0.717) is 45.3 Å². The largest absolute Gasteiger partial charge is 0.490 e. The normalized spacial score (nSPS) is 15.7. The first-order valence-electron chi connectivity index (χ1n) is 8.15. The van der Waals surface area contributed by atoms with Crippen LogP contribution >= 0.6 is 0 Å². The quantitative estimate of drug-likeness (QED) is 0.706. The van der Waals surface area contributed by atoms with Gasteiger partial charge in [0.05, 0.1) is 18.1 Å². The van der Waals surface area contributed by atoms with Crippen LogP contribution in [0.4, 0.5) is 0 Å². The summed E-state index contributed by atoms with van der Waals surface area (Å²) in [4.78, 5) is 0.266. The molecule has 0 aliphatic carbocycles. The highest BCUT2D eigenvalue weighted by Gasteiger charge is 2.26. The van der Waals surface area contributed by atoms with Crippen molar-refractivity contribution in [1.29, 1.82) is 0 Å². The number of rotatable bonds is 7. The van der Waals surface area contributed by atoms with Crippen LogP contribution in [-0.4, -0.2) is 52.2 Å². The van der Waals surface area contributed by atoms with E-state index in [9.17, 15) is 8.42 Å². The maximum absolute atomic E-state index is 12.5. The van der Waals surface area contributed by atoms with E-state index in [1.807, 2.05) is 30.3 Å². The Labute approximate surface area is 148 Å². The summed E-state index contributed by atoms with van der Waals surface area (Å²) >= 11 is 0. The molecule has 1 fully saturated rings. The van der Waals surface area contributed by atoms with E-state index < -0.39 is 10.0 Å². The predicted molar refractivity (Wildman–Crippen MR) is 93.5 cm³/mol. The third-order valence-corrected chi connectivity index (χ3v) is 5.71. The van der Waals surface area contributed by atoms with E-state index in [1.54, 1.807) is 24.3 Å². The van der Waals surface area contributed by atoms with E-state index in [2.05, 4.69) is 0 Å². The lowest BCUT2D eigenvalue weighted by Crippen LogP contribution is -2.40. The van der Waals surface area contributed by atoms with Crippen molar-refractivity contribution in [3.63, 3.8) is 0 Å². The van der Waals surface area contributed by atoms with Gasteiger partial charge in [-0.05, 0) is 36.4 Å². The second kappa shape index (κ2) is 8.33. The third-order valence-electron chi connectivity index (χ3n) is 3.80. The Kier molecular flexibility index (Phi) is 5.91. The summed E-state index contributed by atoms with van der Waals surface area (Å²) < 4.78 is 42.8. The molecular weight excluding hydrogens is 342 g/mol. The lowest BCUT2D eigenvalue weighted by Gasteiger charge is -2.26. The molecule has 3 rings (SSSR count). The lowest BCUT2D eigenvalue weighted by atomic mass is 10.3. The first-order chi connectivity index (χ1) is 12.2. The van der Waals surface area contributed by atoms with Gasteiger partial charge in [0, 0.05) is 13.1 Å². The van der Waals surface area contributed by atoms with Crippen LogP contribution < -0.4 is 9.47 Å². The second-order valence-corrected chi connectivity index (χ2v) is 7.44. The number of morpholine rings is 1. The minimum Gasteiger partial charge on any atom is -0.490 e. The van der Waals surface area contributed by atoms with Gasteiger partial charge < -0.3 is 14.2 Å². The molecule has 134 valence electrons. The van der Waals surface area contributed by atoms with E-state index in [1.165, 1.54) is 4.31 Å². The van der Waals surface area contributed by atoms with Crippen LogP contribution in [0.1, 0.15) is 0 Å². The molecule has 0 saturated carbocycles. The smallest absolute Gasteiger partial charge is 0.243 e. The van der Waals surface area contributed by atoms with Crippen LogP contribution in [-0.2, 0) is 14.8 Å². The predicted octanol–water partition coefficient (Wildman–Crippen LogP) is 2.17. The zero-order valence-corrected chi connectivity index (χ0v) is 14.7. The molecule has 0 amide bonds. The Morgan fingerprint density at radius 1 is 0.840 bits per heavy atom. The Balaban J connectivity index is 1.51. The number of sulfonamides is 1. The van der Waals surface area contributed by atoms with Gasteiger partial charge in [0.15, 0.2) is 0 Å². The van der Waals surface area contributed by atoms with E-state index >= 15 is 0 Å². The number of para-hydroxylation sites is 1. The third kappa shape index (κ3) is 4.72. The molecule has 0 unspecified atom stereocenters. The number of hydrogen-bond donors (Lipinski definition) is 0. The highest BCUT2D eigenvalue weighted by molar-refractivity contribution is 7.89. The molecule has 6 nitrogen and oxygen atoms in total. The van der Waals surface area contributed by atoms with E-state index in [-0.39, 0.29) is 4.90 Å². The molecule has 1 saturated heterocycles. The summed E-state index contributed by atoms with van der Waals surface area (Å²) in [6.07, 6.45) is 0. The molecule has 7 heteroatoms.